The van der Waals surface area contributed by atoms with Gasteiger partial charge in [0, 0.05) is 13.6 Å². The molecule has 2 N–H and O–H groups in total. The molecule has 1 atom stereocenters. The van der Waals surface area contributed by atoms with Crippen LogP contribution >= 0.6 is 24.0 Å². The van der Waals surface area contributed by atoms with Crippen molar-refractivity contribution >= 4 is 29.9 Å². The van der Waals surface area contributed by atoms with E-state index in [1.165, 1.54) is 5.56 Å². The summed E-state index contributed by atoms with van der Waals surface area (Å²) in [5, 5.41) is 6.71. The van der Waals surface area contributed by atoms with E-state index in [-0.39, 0.29) is 30.0 Å². The summed E-state index contributed by atoms with van der Waals surface area (Å²) in [5.41, 5.74) is 2.38. The van der Waals surface area contributed by atoms with Gasteiger partial charge in [-0.05, 0) is 30.2 Å². The summed E-state index contributed by atoms with van der Waals surface area (Å²) in [6, 6.07) is 18.5. The van der Waals surface area contributed by atoms with Crippen LogP contribution in [0.1, 0.15) is 24.1 Å². The standard InChI is InChI=1S/C18H23N3O.HI/c1-14(16-9-5-4-6-10-16)21-18(19-2)20-13-15-8-7-11-17(12-15)22-3;/h4-12,14H,13H2,1-3H3,(H2,19,20,21);1H. The lowest BCUT2D eigenvalue weighted by Crippen LogP contribution is -2.38. The molecule has 0 saturated heterocycles. The molecule has 0 aromatic heterocycles. The zero-order valence-electron chi connectivity index (χ0n) is 13.7. The van der Waals surface area contributed by atoms with Crippen molar-refractivity contribution in [1.29, 1.82) is 0 Å². The Morgan fingerprint density at radius 1 is 1.13 bits per heavy atom. The molecule has 2 aromatic carbocycles. The van der Waals surface area contributed by atoms with Crippen LogP contribution in [0.3, 0.4) is 0 Å². The lowest BCUT2D eigenvalue weighted by molar-refractivity contribution is 0.414. The summed E-state index contributed by atoms with van der Waals surface area (Å²) < 4.78 is 5.24. The van der Waals surface area contributed by atoms with Gasteiger partial charge in [0.15, 0.2) is 5.96 Å². The number of methoxy groups -OCH3 is 1. The second-order valence-corrected chi connectivity index (χ2v) is 5.05. The molecule has 0 bridgehead atoms. The largest absolute Gasteiger partial charge is 0.497 e. The second kappa shape index (κ2) is 10.1. The third-order valence-electron chi connectivity index (χ3n) is 3.47. The number of halogens is 1. The molecule has 1 unspecified atom stereocenters. The SMILES string of the molecule is CN=C(NCc1cccc(OC)c1)NC(C)c1ccccc1.I. The van der Waals surface area contributed by atoms with Gasteiger partial charge in [-0.15, -0.1) is 24.0 Å². The molecule has 0 aliphatic heterocycles. The third-order valence-corrected chi connectivity index (χ3v) is 3.47. The highest BCUT2D eigenvalue weighted by Gasteiger charge is 2.07. The number of rotatable bonds is 5. The van der Waals surface area contributed by atoms with Crippen LogP contribution in [0.5, 0.6) is 5.75 Å². The fourth-order valence-electron chi connectivity index (χ4n) is 2.19. The smallest absolute Gasteiger partial charge is 0.191 e. The van der Waals surface area contributed by atoms with Gasteiger partial charge in [0.05, 0.1) is 13.2 Å². The van der Waals surface area contributed by atoms with Crippen molar-refractivity contribution in [3.05, 3.63) is 65.7 Å². The molecule has 2 rings (SSSR count). The van der Waals surface area contributed by atoms with E-state index in [2.05, 4.69) is 40.7 Å². The number of benzene rings is 2. The van der Waals surface area contributed by atoms with E-state index in [1.54, 1.807) is 14.2 Å². The number of ether oxygens (including phenoxy) is 1. The Morgan fingerprint density at radius 2 is 1.87 bits per heavy atom. The van der Waals surface area contributed by atoms with Gasteiger partial charge in [0.2, 0.25) is 0 Å². The summed E-state index contributed by atoms with van der Waals surface area (Å²) in [6.07, 6.45) is 0. The van der Waals surface area contributed by atoms with E-state index >= 15 is 0 Å². The van der Waals surface area contributed by atoms with Crippen LogP contribution in [-0.2, 0) is 6.54 Å². The van der Waals surface area contributed by atoms with E-state index in [0.717, 1.165) is 17.3 Å². The first-order valence-electron chi connectivity index (χ1n) is 7.38. The number of hydrogen-bond acceptors (Lipinski definition) is 2. The molecule has 0 aliphatic carbocycles. The molecule has 0 spiro atoms. The maximum atomic E-state index is 5.24. The summed E-state index contributed by atoms with van der Waals surface area (Å²) in [6.45, 7) is 2.81. The quantitative estimate of drug-likeness (QED) is 0.436. The highest BCUT2D eigenvalue weighted by atomic mass is 127. The minimum Gasteiger partial charge on any atom is -0.497 e. The van der Waals surface area contributed by atoms with Crippen LogP contribution in [-0.4, -0.2) is 20.1 Å². The molecular weight excluding hydrogens is 401 g/mol. The first kappa shape index (κ1) is 19.3. The molecule has 5 heteroatoms. The average molecular weight is 425 g/mol. The van der Waals surface area contributed by atoms with Gasteiger partial charge >= 0.3 is 0 Å². The van der Waals surface area contributed by atoms with Gasteiger partial charge in [0.1, 0.15) is 5.75 Å². The number of hydrogen-bond donors (Lipinski definition) is 2. The molecule has 0 aliphatic rings. The van der Waals surface area contributed by atoms with Crippen molar-refractivity contribution in [2.24, 2.45) is 4.99 Å². The van der Waals surface area contributed by atoms with Crippen LogP contribution in [0, 0.1) is 0 Å². The highest BCUT2D eigenvalue weighted by Crippen LogP contribution is 2.13. The van der Waals surface area contributed by atoms with Crippen molar-refractivity contribution in [2.75, 3.05) is 14.2 Å². The van der Waals surface area contributed by atoms with Gasteiger partial charge in [-0.25, -0.2) is 0 Å². The van der Waals surface area contributed by atoms with Crippen molar-refractivity contribution in [2.45, 2.75) is 19.5 Å². The fourth-order valence-corrected chi connectivity index (χ4v) is 2.19. The van der Waals surface area contributed by atoms with Crippen LogP contribution < -0.4 is 15.4 Å². The Bertz CT molecular complexity index is 617. The summed E-state index contributed by atoms with van der Waals surface area (Å²) >= 11 is 0. The lowest BCUT2D eigenvalue weighted by Gasteiger charge is -2.18. The Balaban J connectivity index is 0.00000264. The monoisotopic (exact) mass is 425 g/mol. The summed E-state index contributed by atoms with van der Waals surface area (Å²) in [7, 11) is 3.45. The first-order valence-corrected chi connectivity index (χ1v) is 7.38. The Labute approximate surface area is 155 Å². The highest BCUT2D eigenvalue weighted by molar-refractivity contribution is 14.0. The van der Waals surface area contributed by atoms with Crippen molar-refractivity contribution in [1.82, 2.24) is 10.6 Å². The number of aliphatic imine (C=N–C) groups is 1. The van der Waals surface area contributed by atoms with Gasteiger partial charge in [0.25, 0.3) is 0 Å². The minimum absolute atomic E-state index is 0. The molecule has 23 heavy (non-hydrogen) atoms. The van der Waals surface area contributed by atoms with E-state index in [4.69, 9.17) is 4.74 Å². The third kappa shape index (κ3) is 6.09. The average Bonchev–Trinajstić information content (AvgIpc) is 2.59. The number of nitrogens with one attached hydrogen (secondary N) is 2. The normalized spacial score (nSPS) is 12.0. The predicted molar refractivity (Wildman–Crippen MR) is 107 cm³/mol. The van der Waals surface area contributed by atoms with Crippen LogP contribution in [0.25, 0.3) is 0 Å². The maximum Gasteiger partial charge on any atom is 0.191 e. The Kier molecular flexibility index (Phi) is 8.47. The molecular formula is C18H24IN3O. The number of guanidine groups is 1. The summed E-state index contributed by atoms with van der Waals surface area (Å²) in [5.74, 6) is 1.64. The van der Waals surface area contributed by atoms with Crippen molar-refractivity contribution in [3.63, 3.8) is 0 Å². The molecule has 0 heterocycles. The van der Waals surface area contributed by atoms with E-state index < -0.39 is 0 Å². The second-order valence-electron chi connectivity index (χ2n) is 5.05. The van der Waals surface area contributed by atoms with Crippen molar-refractivity contribution in [3.8, 4) is 5.75 Å². The Morgan fingerprint density at radius 3 is 2.52 bits per heavy atom. The molecule has 0 saturated carbocycles. The first-order chi connectivity index (χ1) is 10.7. The summed E-state index contributed by atoms with van der Waals surface area (Å²) in [4.78, 5) is 4.27. The minimum atomic E-state index is 0. The number of nitrogens with zero attached hydrogens (tertiary/aromatic N) is 1. The Hall–Kier alpha value is -1.76. The van der Waals surface area contributed by atoms with Gasteiger partial charge in [-0.1, -0.05) is 42.5 Å². The molecule has 4 nitrogen and oxygen atoms in total. The van der Waals surface area contributed by atoms with Gasteiger partial charge in [-0.2, -0.15) is 0 Å². The molecule has 0 radical (unpaired) electrons. The topological polar surface area (TPSA) is 45.7 Å². The van der Waals surface area contributed by atoms with Crippen molar-refractivity contribution < 1.29 is 4.74 Å². The molecule has 0 fully saturated rings. The van der Waals surface area contributed by atoms with Gasteiger partial charge < -0.3 is 15.4 Å². The molecule has 2 aromatic rings. The predicted octanol–water partition coefficient (Wildman–Crippen LogP) is 3.74. The van der Waals surface area contributed by atoms with E-state index in [1.807, 2.05) is 36.4 Å². The zero-order chi connectivity index (χ0) is 15.8. The van der Waals surface area contributed by atoms with Crippen LogP contribution in [0.15, 0.2) is 59.6 Å². The lowest BCUT2D eigenvalue weighted by atomic mass is 10.1. The maximum absolute atomic E-state index is 5.24. The van der Waals surface area contributed by atoms with E-state index in [9.17, 15) is 0 Å². The van der Waals surface area contributed by atoms with E-state index in [0.29, 0.717) is 6.54 Å². The fraction of sp³-hybridized carbons (Fsp3) is 0.278. The molecule has 124 valence electrons. The van der Waals surface area contributed by atoms with Crippen LogP contribution in [0.4, 0.5) is 0 Å². The van der Waals surface area contributed by atoms with Gasteiger partial charge in [-0.3, -0.25) is 4.99 Å². The molecule has 0 amide bonds. The zero-order valence-corrected chi connectivity index (χ0v) is 16.1. The van der Waals surface area contributed by atoms with Crippen LogP contribution in [0.2, 0.25) is 0 Å².